The van der Waals surface area contributed by atoms with Gasteiger partial charge >= 0.3 is 0 Å². The highest BCUT2D eigenvalue weighted by Crippen LogP contribution is 2.36. The van der Waals surface area contributed by atoms with Gasteiger partial charge in [0, 0.05) is 55.9 Å². The summed E-state index contributed by atoms with van der Waals surface area (Å²) < 4.78 is 11.5. The number of methoxy groups -OCH3 is 1. The number of rotatable bonds is 5. The van der Waals surface area contributed by atoms with Gasteiger partial charge in [-0.25, -0.2) is 0 Å². The Morgan fingerprint density at radius 2 is 2.12 bits per heavy atom. The second kappa shape index (κ2) is 7.81. The van der Waals surface area contributed by atoms with Gasteiger partial charge < -0.3 is 14.8 Å². The van der Waals surface area contributed by atoms with Crippen LogP contribution in [0, 0.1) is 0 Å². The van der Waals surface area contributed by atoms with Crippen LogP contribution < -0.4 is 14.8 Å². The van der Waals surface area contributed by atoms with Crippen molar-refractivity contribution in [2.24, 2.45) is 0 Å². The third-order valence-corrected chi connectivity index (χ3v) is 4.86. The van der Waals surface area contributed by atoms with Crippen molar-refractivity contribution in [2.75, 3.05) is 39.8 Å². The first-order valence-corrected chi connectivity index (χ1v) is 9.13. The van der Waals surface area contributed by atoms with E-state index in [2.05, 4.69) is 15.1 Å². The minimum Gasteiger partial charge on any atom is -0.493 e. The van der Waals surface area contributed by atoms with Crippen LogP contribution in [0.5, 0.6) is 11.5 Å². The molecule has 0 radical (unpaired) electrons. The lowest BCUT2D eigenvalue weighted by Gasteiger charge is -2.43. The van der Waals surface area contributed by atoms with Gasteiger partial charge in [-0.3, -0.25) is 14.6 Å². The smallest absolute Gasteiger partial charge is 0.238 e. The number of nitrogens with one attached hydrogen (secondary N) is 1. The van der Waals surface area contributed by atoms with E-state index < -0.39 is 0 Å². The van der Waals surface area contributed by atoms with Crippen molar-refractivity contribution in [1.29, 1.82) is 0 Å². The summed E-state index contributed by atoms with van der Waals surface area (Å²) in [6.07, 6.45) is 0.0368. The van der Waals surface area contributed by atoms with Gasteiger partial charge in [-0.1, -0.05) is 11.6 Å². The number of benzene rings is 1. The fourth-order valence-corrected chi connectivity index (χ4v) is 3.71. The summed E-state index contributed by atoms with van der Waals surface area (Å²) in [5.74, 6) is 1.50. The molecular weight excluding hydrogens is 342 g/mol. The first kappa shape index (κ1) is 18.3. The number of carbonyl (C=O) groups is 1. The standard InChI is InChI=1S/C18H26ClN3O3/c1-12(2)25-17-13(8-14(19)9-16(17)24-3)10-21-6-7-22-5-4-20-18(23)15(22)11-21/h8-9,12,15H,4-7,10-11H2,1-3H3,(H,20,23). The normalized spacial score (nSPS) is 21.8. The van der Waals surface area contributed by atoms with E-state index in [0.29, 0.717) is 23.9 Å². The van der Waals surface area contributed by atoms with Gasteiger partial charge in [0.15, 0.2) is 11.5 Å². The number of halogens is 1. The molecule has 1 N–H and O–H groups in total. The molecular formula is C18H26ClN3O3. The molecule has 2 aliphatic rings. The van der Waals surface area contributed by atoms with Gasteiger partial charge in [0.2, 0.25) is 5.91 Å². The van der Waals surface area contributed by atoms with Crippen molar-refractivity contribution in [3.8, 4) is 11.5 Å². The molecule has 2 heterocycles. The Balaban J connectivity index is 1.80. The second-order valence-corrected chi connectivity index (χ2v) is 7.28. The summed E-state index contributed by atoms with van der Waals surface area (Å²) in [5.41, 5.74) is 0.989. The van der Waals surface area contributed by atoms with Crippen molar-refractivity contribution in [1.82, 2.24) is 15.1 Å². The molecule has 2 fully saturated rings. The maximum Gasteiger partial charge on any atom is 0.238 e. The van der Waals surface area contributed by atoms with Crippen LogP contribution in [0.15, 0.2) is 12.1 Å². The van der Waals surface area contributed by atoms with Crippen LogP contribution in [-0.2, 0) is 11.3 Å². The number of carbonyl (C=O) groups excluding carboxylic acids is 1. The van der Waals surface area contributed by atoms with E-state index in [4.69, 9.17) is 21.1 Å². The Hall–Kier alpha value is -1.50. The van der Waals surface area contributed by atoms with Crippen molar-refractivity contribution in [2.45, 2.75) is 32.5 Å². The summed E-state index contributed by atoms with van der Waals surface area (Å²) in [6.45, 7) is 8.85. The van der Waals surface area contributed by atoms with Gasteiger partial charge in [-0.2, -0.15) is 0 Å². The van der Waals surface area contributed by atoms with Gasteiger partial charge in [-0.15, -0.1) is 0 Å². The van der Waals surface area contributed by atoms with Crippen LogP contribution >= 0.6 is 11.6 Å². The number of nitrogens with zero attached hydrogens (tertiary/aromatic N) is 2. The Labute approximate surface area is 154 Å². The molecule has 1 unspecified atom stereocenters. The highest BCUT2D eigenvalue weighted by Gasteiger charge is 2.35. The highest BCUT2D eigenvalue weighted by molar-refractivity contribution is 6.30. The molecule has 0 spiro atoms. The molecule has 7 heteroatoms. The molecule has 0 saturated carbocycles. The molecule has 1 amide bonds. The SMILES string of the molecule is COc1cc(Cl)cc(CN2CCN3CCNC(=O)C3C2)c1OC(C)C. The van der Waals surface area contributed by atoms with Gasteiger partial charge in [0.05, 0.1) is 13.2 Å². The van der Waals surface area contributed by atoms with Gasteiger partial charge in [0.25, 0.3) is 0 Å². The van der Waals surface area contributed by atoms with E-state index in [-0.39, 0.29) is 18.1 Å². The topological polar surface area (TPSA) is 54.0 Å². The predicted molar refractivity (Wildman–Crippen MR) is 97.4 cm³/mol. The Kier molecular flexibility index (Phi) is 5.71. The number of piperazine rings is 2. The Morgan fingerprint density at radius 1 is 1.32 bits per heavy atom. The Morgan fingerprint density at radius 3 is 2.84 bits per heavy atom. The molecule has 138 valence electrons. The molecule has 2 aliphatic heterocycles. The number of amides is 1. The second-order valence-electron chi connectivity index (χ2n) is 6.84. The monoisotopic (exact) mass is 367 g/mol. The van der Waals surface area contributed by atoms with Gasteiger partial charge in [-0.05, 0) is 19.9 Å². The summed E-state index contributed by atoms with van der Waals surface area (Å²) in [7, 11) is 1.62. The summed E-state index contributed by atoms with van der Waals surface area (Å²) >= 11 is 6.26. The highest BCUT2D eigenvalue weighted by atomic mass is 35.5. The molecule has 1 atom stereocenters. The molecule has 1 aromatic rings. The summed E-state index contributed by atoms with van der Waals surface area (Å²) in [4.78, 5) is 16.7. The zero-order valence-electron chi connectivity index (χ0n) is 15.0. The quantitative estimate of drug-likeness (QED) is 0.859. The molecule has 6 nitrogen and oxygen atoms in total. The number of hydrogen-bond donors (Lipinski definition) is 1. The lowest BCUT2D eigenvalue weighted by Crippen LogP contribution is -2.63. The Bertz CT molecular complexity index is 638. The first-order chi connectivity index (χ1) is 12.0. The number of ether oxygens (including phenoxy) is 2. The van der Waals surface area contributed by atoms with E-state index in [1.807, 2.05) is 19.9 Å². The fourth-order valence-electron chi connectivity index (χ4n) is 3.48. The predicted octanol–water partition coefficient (Wildman–Crippen LogP) is 1.75. The minimum atomic E-state index is -0.0713. The van der Waals surface area contributed by atoms with E-state index in [0.717, 1.165) is 37.5 Å². The maximum absolute atomic E-state index is 12.1. The number of hydrogen-bond acceptors (Lipinski definition) is 5. The van der Waals surface area contributed by atoms with Crippen LogP contribution in [-0.4, -0.2) is 67.7 Å². The molecule has 0 bridgehead atoms. The number of fused-ring (bicyclic) bond motifs is 1. The zero-order chi connectivity index (χ0) is 18.0. The fraction of sp³-hybridized carbons (Fsp3) is 0.611. The molecule has 2 saturated heterocycles. The molecule has 0 aliphatic carbocycles. The molecule has 1 aromatic carbocycles. The first-order valence-electron chi connectivity index (χ1n) is 8.75. The minimum absolute atomic E-state index is 0.0368. The summed E-state index contributed by atoms with van der Waals surface area (Å²) in [6, 6.07) is 3.63. The van der Waals surface area contributed by atoms with E-state index in [9.17, 15) is 4.79 Å². The van der Waals surface area contributed by atoms with E-state index >= 15 is 0 Å². The molecule has 25 heavy (non-hydrogen) atoms. The maximum atomic E-state index is 12.1. The van der Waals surface area contributed by atoms with Crippen LogP contribution in [0.1, 0.15) is 19.4 Å². The average Bonchev–Trinajstić information content (AvgIpc) is 2.57. The van der Waals surface area contributed by atoms with E-state index in [1.165, 1.54) is 0 Å². The lowest BCUT2D eigenvalue weighted by molar-refractivity contribution is -0.131. The van der Waals surface area contributed by atoms with E-state index in [1.54, 1.807) is 13.2 Å². The third kappa shape index (κ3) is 4.19. The van der Waals surface area contributed by atoms with Crippen molar-refractivity contribution in [3.63, 3.8) is 0 Å². The molecule has 3 rings (SSSR count). The van der Waals surface area contributed by atoms with Crippen LogP contribution in [0.2, 0.25) is 5.02 Å². The largest absolute Gasteiger partial charge is 0.493 e. The van der Waals surface area contributed by atoms with Crippen molar-refractivity contribution < 1.29 is 14.3 Å². The average molecular weight is 368 g/mol. The zero-order valence-corrected chi connectivity index (χ0v) is 15.8. The van der Waals surface area contributed by atoms with Gasteiger partial charge in [0.1, 0.15) is 6.04 Å². The van der Waals surface area contributed by atoms with Crippen LogP contribution in [0.3, 0.4) is 0 Å². The lowest BCUT2D eigenvalue weighted by atomic mass is 10.1. The van der Waals surface area contributed by atoms with Crippen molar-refractivity contribution in [3.05, 3.63) is 22.7 Å². The molecule has 0 aromatic heterocycles. The van der Waals surface area contributed by atoms with Crippen LogP contribution in [0.25, 0.3) is 0 Å². The van der Waals surface area contributed by atoms with Crippen LogP contribution in [0.4, 0.5) is 0 Å². The van der Waals surface area contributed by atoms with Crippen molar-refractivity contribution >= 4 is 17.5 Å². The third-order valence-electron chi connectivity index (χ3n) is 4.64. The summed E-state index contributed by atoms with van der Waals surface area (Å²) in [5, 5.41) is 3.58.